The highest BCUT2D eigenvalue weighted by atomic mass is 16.5. The number of esters is 1. The molecule has 0 bridgehead atoms. The highest BCUT2D eigenvalue weighted by Gasteiger charge is 2.14. The van der Waals surface area contributed by atoms with Gasteiger partial charge in [0.25, 0.3) is 5.91 Å². The highest BCUT2D eigenvalue weighted by Crippen LogP contribution is 2.38. The highest BCUT2D eigenvalue weighted by molar-refractivity contribution is 5.80. The van der Waals surface area contributed by atoms with Crippen LogP contribution < -0.4 is 19.5 Å². The van der Waals surface area contributed by atoms with Crippen LogP contribution in [0.15, 0.2) is 12.1 Å². The molecule has 0 aliphatic carbocycles. The second-order valence-electron chi connectivity index (χ2n) is 5.90. The fraction of sp³-hybridized carbons (Fsp3) is 0.556. The van der Waals surface area contributed by atoms with Gasteiger partial charge in [-0.3, -0.25) is 9.59 Å². The first-order valence-corrected chi connectivity index (χ1v) is 8.12. The van der Waals surface area contributed by atoms with Crippen molar-refractivity contribution >= 4 is 11.9 Å². The number of methoxy groups -OCH3 is 3. The average molecular weight is 353 g/mol. The third-order valence-electron chi connectivity index (χ3n) is 3.50. The molecule has 0 radical (unpaired) electrons. The number of benzene rings is 1. The van der Waals surface area contributed by atoms with Gasteiger partial charge in [0.2, 0.25) is 5.75 Å². The van der Waals surface area contributed by atoms with Crippen LogP contribution in [0.4, 0.5) is 0 Å². The predicted octanol–water partition coefficient (Wildman–Crippen LogP) is 2.31. The average Bonchev–Trinajstić information content (AvgIpc) is 2.61. The third-order valence-corrected chi connectivity index (χ3v) is 3.50. The molecule has 0 aliphatic heterocycles. The lowest BCUT2D eigenvalue weighted by Crippen LogP contribution is -2.28. The third kappa shape index (κ3) is 6.91. The Hall–Kier alpha value is -2.44. The van der Waals surface area contributed by atoms with Crippen molar-refractivity contribution in [3.63, 3.8) is 0 Å². The molecule has 0 saturated carbocycles. The van der Waals surface area contributed by atoms with E-state index in [2.05, 4.69) is 5.32 Å². The molecule has 7 heteroatoms. The van der Waals surface area contributed by atoms with Crippen molar-refractivity contribution < 1.29 is 28.5 Å². The molecule has 0 heterocycles. The van der Waals surface area contributed by atoms with Gasteiger partial charge in [0.05, 0.1) is 21.3 Å². The van der Waals surface area contributed by atoms with Crippen molar-refractivity contribution in [2.75, 3.05) is 27.9 Å². The van der Waals surface area contributed by atoms with E-state index in [-0.39, 0.29) is 25.0 Å². The van der Waals surface area contributed by atoms with E-state index >= 15 is 0 Å². The minimum absolute atomic E-state index is 0.249. The number of rotatable bonds is 10. The molecule has 0 fully saturated rings. The topological polar surface area (TPSA) is 83.1 Å². The Bertz CT molecular complexity index is 560. The Kier molecular flexibility index (Phi) is 8.60. The molecule has 0 aromatic heterocycles. The van der Waals surface area contributed by atoms with Crippen LogP contribution in [0.25, 0.3) is 0 Å². The molecule has 0 atom stereocenters. The van der Waals surface area contributed by atoms with Crippen molar-refractivity contribution in [2.45, 2.75) is 33.2 Å². The number of hydrogen-bond acceptors (Lipinski definition) is 6. The normalized spacial score (nSPS) is 10.3. The van der Waals surface area contributed by atoms with Crippen molar-refractivity contribution in [1.82, 2.24) is 5.32 Å². The van der Waals surface area contributed by atoms with Gasteiger partial charge in [-0.25, -0.2) is 0 Å². The van der Waals surface area contributed by atoms with Gasteiger partial charge >= 0.3 is 5.97 Å². The number of carbonyl (C=O) groups excluding carboxylic acids is 2. The van der Waals surface area contributed by atoms with Crippen LogP contribution >= 0.6 is 0 Å². The lowest BCUT2D eigenvalue weighted by atomic mass is 10.1. The summed E-state index contributed by atoms with van der Waals surface area (Å²) in [5.41, 5.74) is 0.772. The molecule has 0 aliphatic rings. The zero-order chi connectivity index (χ0) is 18.8. The molecule has 7 nitrogen and oxygen atoms in total. The second-order valence-corrected chi connectivity index (χ2v) is 5.90. The molecule has 1 aromatic carbocycles. The van der Waals surface area contributed by atoms with E-state index in [0.717, 1.165) is 12.0 Å². The van der Waals surface area contributed by atoms with E-state index in [9.17, 15) is 9.59 Å². The van der Waals surface area contributed by atoms with E-state index < -0.39 is 0 Å². The van der Waals surface area contributed by atoms with Gasteiger partial charge in [0.1, 0.15) is 0 Å². The Labute approximate surface area is 148 Å². The van der Waals surface area contributed by atoms with Crippen LogP contribution in [0.2, 0.25) is 0 Å². The first kappa shape index (κ1) is 20.6. The van der Waals surface area contributed by atoms with Gasteiger partial charge in [-0.1, -0.05) is 13.8 Å². The Morgan fingerprint density at radius 2 is 1.64 bits per heavy atom. The fourth-order valence-electron chi connectivity index (χ4n) is 2.11. The summed E-state index contributed by atoms with van der Waals surface area (Å²) in [4.78, 5) is 23.3. The minimum atomic E-state index is -0.369. The van der Waals surface area contributed by atoms with E-state index in [0.29, 0.717) is 29.6 Å². The van der Waals surface area contributed by atoms with Gasteiger partial charge in [-0.15, -0.1) is 0 Å². The second kappa shape index (κ2) is 10.4. The summed E-state index contributed by atoms with van der Waals surface area (Å²) in [6, 6.07) is 3.49. The van der Waals surface area contributed by atoms with Gasteiger partial charge in [-0.05, 0) is 30.0 Å². The Morgan fingerprint density at radius 3 is 2.12 bits per heavy atom. The number of amides is 1. The van der Waals surface area contributed by atoms with Crippen molar-refractivity contribution in [1.29, 1.82) is 0 Å². The Morgan fingerprint density at radius 1 is 1.04 bits per heavy atom. The molecule has 0 spiro atoms. The summed E-state index contributed by atoms with van der Waals surface area (Å²) < 4.78 is 20.7. The summed E-state index contributed by atoms with van der Waals surface area (Å²) in [7, 11) is 4.57. The summed E-state index contributed by atoms with van der Waals surface area (Å²) in [6.07, 6.45) is 1.06. The van der Waals surface area contributed by atoms with E-state index in [1.807, 2.05) is 13.8 Å². The summed E-state index contributed by atoms with van der Waals surface area (Å²) in [6.45, 7) is 4.01. The molecular weight excluding hydrogens is 326 g/mol. The molecule has 1 aromatic rings. The van der Waals surface area contributed by atoms with Crippen LogP contribution in [0.3, 0.4) is 0 Å². The maximum absolute atomic E-state index is 11.8. The van der Waals surface area contributed by atoms with E-state index in [1.54, 1.807) is 12.1 Å². The minimum Gasteiger partial charge on any atom is -0.493 e. The predicted molar refractivity (Wildman–Crippen MR) is 93.0 cm³/mol. The summed E-state index contributed by atoms with van der Waals surface area (Å²) in [5, 5.41) is 2.69. The zero-order valence-electron chi connectivity index (χ0n) is 15.5. The SMILES string of the molecule is COc1cc(CNC(=O)COC(=O)CCC(C)C)cc(OC)c1OC. The molecule has 140 valence electrons. The van der Waals surface area contributed by atoms with Gasteiger partial charge in [0, 0.05) is 13.0 Å². The van der Waals surface area contributed by atoms with Crippen LogP contribution in [-0.2, 0) is 20.9 Å². The quantitative estimate of drug-likeness (QED) is 0.650. The van der Waals surface area contributed by atoms with Crippen LogP contribution in [0.5, 0.6) is 17.2 Å². The zero-order valence-corrected chi connectivity index (χ0v) is 15.5. The van der Waals surface area contributed by atoms with Crippen molar-refractivity contribution in [3.8, 4) is 17.2 Å². The molecule has 1 rings (SSSR count). The standard InChI is InChI=1S/C18H27NO6/c1-12(2)6-7-17(21)25-11-16(20)19-10-13-8-14(22-3)18(24-5)15(9-13)23-4/h8-9,12H,6-7,10-11H2,1-5H3,(H,19,20). The van der Waals surface area contributed by atoms with Crippen LogP contribution in [0, 0.1) is 5.92 Å². The maximum atomic E-state index is 11.8. The van der Waals surface area contributed by atoms with Gasteiger partial charge in [-0.2, -0.15) is 0 Å². The van der Waals surface area contributed by atoms with Crippen LogP contribution in [0.1, 0.15) is 32.3 Å². The van der Waals surface area contributed by atoms with E-state index in [4.69, 9.17) is 18.9 Å². The molecule has 25 heavy (non-hydrogen) atoms. The fourth-order valence-corrected chi connectivity index (χ4v) is 2.11. The molecule has 0 saturated heterocycles. The first-order valence-electron chi connectivity index (χ1n) is 8.12. The van der Waals surface area contributed by atoms with Crippen molar-refractivity contribution in [3.05, 3.63) is 17.7 Å². The number of carbonyl (C=O) groups is 2. The summed E-state index contributed by atoms with van der Waals surface area (Å²) >= 11 is 0. The molecule has 1 amide bonds. The maximum Gasteiger partial charge on any atom is 0.306 e. The number of nitrogens with one attached hydrogen (secondary N) is 1. The van der Waals surface area contributed by atoms with Gasteiger partial charge in [0.15, 0.2) is 18.1 Å². The van der Waals surface area contributed by atoms with Crippen LogP contribution in [-0.4, -0.2) is 39.8 Å². The first-order chi connectivity index (χ1) is 11.9. The lowest BCUT2D eigenvalue weighted by molar-refractivity contribution is -0.148. The monoisotopic (exact) mass is 353 g/mol. The van der Waals surface area contributed by atoms with E-state index in [1.165, 1.54) is 21.3 Å². The smallest absolute Gasteiger partial charge is 0.306 e. The van der Waals surface area contributed by atoms with Gasteiger partial charge < -0.3 is 24.3 Å². The lowest BCUT2D eigenvalue weighted by Gasteiger charge is -2.14. The Balaban J connectivity index is 2.54. The largest absolute Gasteiger partial charge is 0.493 e. The summed E-state index contributed by atoms with van der Waals surface area (Å²) in [5.74, 6) is 1.18. The number of ether oxygens (including phenoxy) is 4. The molecule has 0 unspecified atom stereocenters. The molecular formula is C18H27NO6. The molecule has 1 N–H and O–H groups in total. The van der Waals surface area contributed by atoms with Crippen molar-refractivity contribution in [2.24, 2.45) is 5.92 Å². The number of hydrogen-bond donors (Lipinski definition) is 1.